The van der Waals surface area contributed by atoms with Gasteiger partial charge in [0.2, 0.25) is 0 Å². The second-order valence-electron chi connectivity index (χ2n) is 15.9. The van der Waals surface area contributed by atoms with Crippen molar-refractivity contribution >= 4 is 21.9 Å². The van der Waals surface area contributed by atoms with Crippen molar-refractivity contribution in [3.63, 3.8) is 0 Å². The van der Waals surface area contributed by atoms with E-state index in [4.69, 9.17) is 4.18 Å². The van der Waals surface area contributed by atoms with E-state index in [1.807, 2.05) is 12.1 Å². The highest BCUT2D eigenvalue weighted by molar-refractivity contribution is 7.93. The lowest BCUT2D eigenvalue weighted by atomic mass is 9.51. The third-order valence-electron chi connectivity index (χ3n) is 11.8. The topological polar surface area (TPSA) is 43.4 Å². The molecule has 244 valence electrons. The summed E-state index contributed by atoms with van der Waals surface area (Å²) in [6, 6.07) is 17.1. The molecule has 0 spiro atoms. The van der Waals surface area contributed by atoms with Crippen LogP contribution in [-0.2, 0) is 19.8 Å². The Balaban J connectivity index is 2.62. The highest BCUT2D eigenvalue weighted by Crippen LogP contribution is 2.59. The smallest absolute Gasteiger partial charge is 0.178 e. The van der Waals surface area contributed by atoms with Crippen molar-refractivity contribution in [2.24, 2.45) is 33.5 Å². The van der Waals surface area contributed by atoms with Gasteiger partial charge in [-0.05, 0) is 99.0 Å². The van der Waals surface area contributed by atoms with Crippen LogP contribution in [0.1, 0.15) is 131 Å². The summed E-state index contributed by atoms with van der Waals surface area (Å²) in [7, 11) is -1.51. The van der Waals surface area contributed by atoms with Gasteiger partial charge in [-0.1, -0.05) is 126 Å². The van der Waals surface area contributed by atoms with Crippen LogP contribution >= 0.6 is 12.0 Å². The Bertz CT molecular complexity index is 1250. The predicted molar refractivity (Wildman–Crippen MR) is 188 cm³/mol. The number of benzene rings is 2. The first-order chi connectivity index (χ1) is 19.6. The molecule has 0 N–H and O–H groups in total. The number of sulfone groups is 1. The summed E-state index contributed by atoms with van der Waals surface area (Å²) in [6.07, 6.45) is 2.11. The quantitative estimate of drug-likeness (QED) is 0.173. The molecule has 0 aliphatic carbocycles. The van der Waals surface area contributed by atoms with Gasteiger partial charge >= 0.3 is 0 Å². The third-order valence-corrected chi connectivity index (χ3v) is 14.2. The van der Waals surface area contributed by atoms with E-state index in [1.165, 1.54) is 28.7 Å². The maximum absolute atomic E-state index is 12.6. The van der Waals surface area contributed by atoms with E-state index in [2.05, 4.69) is 119 Å². The molecule has 0 heterocycles. The van der Waals surface area contributed by atoms with Gasteiger partial charge in [-0.15, -0.1) is 0 Å². The molecule has 0 saturated heterocycles. The molecule has 0 fully saturated rings. The first kappa shape index (κ1) is 37.9. The van der Waals surface area contributed by atoms with Crippen molar-refractivity contribution < 1.29 is 12.6 Å². The summed E-state index contributed by atoms with van der Waals surface area (Å²) in [5, 5.41) is 0. The fraction of sp³-hybridized carbons (Fsp3) is 0.684. The van der Waals surface area contributed by atoms with Gasteiger partial charge in [-0.2, -0.15) is 0 Å². The molecule has 0 radical (unpaired) electrons. The molecular formula is C38H62O3S2. The maximum atomic E-state index is 12.6. The molecule has 2 atom stereocenters. The Morgan fingerprint density at radius 2 is 1.21 bits per heavy atom. The standard InChI is InChI=1S/C38H62O3S2/c1-15-43(39,40)32-22-20-30(21-23-32)33(37(10,11)28(4)5)25-36(8,9)38(12,13)34(24-35(6,7)27(2)3)31-18-16-29(17-19-31)26-42-41-14/h16-23,27-28,33-34H,15,24-26H2,1-14H3. The second-order valence-corrected chi connectivity index (χ2v) is 19.0. The second kappa shape index (κ2) is 14.4. The third kappa shape index (κ3) is 8.91. The van der Waals surface area contributed by atoms with Gasteiger partial charge in [0.05, 0.1) is 17.8 Å². The molecule has 0 aliphatic heterocycles. The van der Waals surface area contributed by atoms with Crippen LogP contribution in [0.25, 0.3) is 0 Å². The Morgan fingerprint density at radius 3 is 1.65 bits per heavy atom. The van der Waals surface area contributed by atoms with Crippen LogP contribution in [0.4, 0.5) is 0 Å². The fourth-order valence-electron chi connectivity index (χ4n) is 6.06. The molecule has 43 heavy (non-hydrogen) atoms. The summed E-state index contributed by atoms with van der Waals surface area (Å²) in [4.78, 5) is 0.419. The zero-order chi connectivity index (χ0) is 33.0. The molecule has 2 rings (SSSR count). The van der Waals surface area contributed by atoms with E-state index < -0.39 is 9.84 Å². The predicted octanol–water partition coefficient (Wildman–Crippen LogP) is 11.3. The van der Waals surface area contributed by atoms with Gasteiger partial charge in [0, 0.05) is 5.75 Å². The van der Waals surface area contributed by atoms with E-state index in [0.717, 1.165) is 18.6 Å². The molecule has 5 heteroatoms. The number of hydrogen-bond acceptors (Lipinski definition) is 4. The van der Waals surface area contributed by atoms with Crippen molar-refractivity contribution in [1.82, 2.24) is 0 Å². The molecule has 0 amide bonds. The molecule has 0 saturated carbocycles. The number of hydrogen-bond donors (Lipinski definition) is 0. The summed E-state index contributed by atoms with van der Waals surface area (Å²) in [5.41, 5.74) is 4.07. The van der Waals surface area contributed by atoms with Crippen LogP contribution in [0.15, 0.2) is 53.4 Å². The van der Waals surface area contributed by atoms with Gasteiger partial charge in [0.25, 0.3) is 0 Å². The number of rotatable bonds is 16. The Labute approximate surface area is 270 Å². The molecule has 0 aliphatic rings. The SMILES string of the molecule is CCS(=O)(=O)c1ccc(C(CC(C)(C)C(C)(C)C(CC(C)(C)C(C)C)c2ccc(CSOC)cc2)C(C)(C)C(C)C)cc1. The Hall–Kier alpha value is -1.30. The Kier molecular flexibility index (Phi) is 12.7. The van der Waals surface area contributed by atoms with Crippen molar-refractivity contribution in [2.75, 3.05) is 12.9 Å². The fourth-order valence-corrected chi connectivity index (χ4v) is 7.39. The van der Waals surface area contributed by atoms with E-state index in [1.54, 1.807) is 14.0 Å². The summed E-state index contributed by atoms with van der Waals surface area (Å²) in [6.45, 7) is 30.6. The molecule has 3 nitrogen and oxygen atoms in total. The van der Waals surface area contributed by atoms with Gasteiger partial charge in [0.1, 0.15) is 0 Å². The van der Waals surface area contributed by atoms with Gasteiger partial charge in [-0.3, -0.25) is 0 Å². The van der Waals surface area contributed by atoms with Crippen LogP contribution < -0.4 is 0 Å². The van der Waals surface area contributed by atoms with E-state index in [0.29, 0.717) is 22.6 Å². The van der Waals surface area contributed by atoms with Crippen molar-refractivity contribution in [3.8, 4) is 0 Å². The van der Waals surface area contributed by atoms with E-state index in [9.17, 15) is 8.42 Å². The first-order valence-electron chi connectivity index (χ1n) is 16.2. The zero-order valence-corrected chi connectivity index (χ0v) is 31.4. The van der Waals surface area contributed by atoms with Crippen LogP contribution in [0, 0.1) is 33.5 Å². The first-order valence-corrected chi connectivity index (χ1v) is 18.8. The average Bonchev–Trinajstić information content (AvgIpc) is 2.93. The minimum absolute atomic E-state index is 0.0197. The van der Waals surface area contributed by atoms with E-state index in [-0.39, 0.29) is 33.3 Å². The summed E-state index contributed by atoms with van der Waals surface area (Å²) >= 11 is 1.48. The Morgan fingerprint density at radius 1 is 0.721 bits per heavy atom. The molecular weight excluding hydrogens is 569 g/mol. The summed E-state index contributed by atoms with van der Waals surface area (Å²) in [5.74, 6) is 2.63. The lowest BCUT2D eigenvalue weighted by Crippen LogP contribution is -2.43. The molecule has 2 aromatic rings. The van der Waals surface area contributed by atoms with Crippen LogP contribution in [-0.4, -0.2) is 21.3 Å². The van der Waals surface area contributed by atoms with Crippen LogP contribution in [0.5, 0.6) is 0 Å². The normalized spacial score (nSPS) is 15.3. The van der Waals surface area contributed by atoms with Gasteiger partial charge in [-0.25, -0.2) is 8.42 Å². The van der Waals surface area contributed by atoms with Crippen LogP contribution in [0.2, 0.25) is 0 Å². The molecule has 0 bridgehead atoms. The van der Waals surface area contributed by atoms with Crippen molar-refractivity contribution in [3.05, 3.63) is 65.2 Å². The monoisotopic (exact) mass is 630 g/mol. The molecule has 2 unspecified atom stereocenters. The lowest BCUT2D eigenvalue weighted by molar-refractivity contribution is 0.0151. The molecule has 2 aromatic carbocycles. The van der Waals surface area contributed by atoms with E-state index >= 15 is 0 Å². The van der Waals surface area contributed by atoms with Crippen LogP contribution in [0.3, 0.4) is 0 Å². The highest BCUT2D eigenvalue weighted by atomic mass is 32.2. The largest absolute Gasteiger partial charge is 0.318 e. The van der Waals surface area contributed by atoms with Crippen molar-refractivity contribution in [1.29, 1.82) is 0 Å². The zero-order valence-electron chi connectivity index (χ0n) is 29.8. The highest BCUT2D eigenvalue weighted by Gasteiger charge is 2.48. The van der Waals surface area contributed by atoms with Gasteiger partial charge in [0.15, 0.2) is 9.84 Å². The maximum Gasteiger partial charge on any atom is 0.178 e. The lowest BCUT2D eigenvalue weighted by Gasteiger charge is -2.53. The summed E-state index contributed by atoms with van der Waals surface area (Å²) < 4.78 is 30.4. The van der Waals surface area contributed by atoms with Gasteiger partial charge < -0.3 is 4.18 Å². The minimum Gasteiger partial charge on any atom is -0.318 e. The van der Waals surface area contributed by atoms with Crippen molar-refractivity contribution in [2.45, 2.75) is 125 Å². The average molecular weight is 631 g/mol. The minimum atomic E-state index is -3.23. The molecule has 0 aromatic heterocycles.